The van der Waals surface area contributed by atoms with Crippen molar-refractivity contribution < 1.29 is 20.1 Å². The molecule has 0 aromatic rings. The molecule has 1 aliphatic rings. The molecule has 0 unspecified atom stereocenters. The Morgan fingerprint density at radius 2 is 1.83 bits per heavy atom. The Morgan fingerprint density at radius 1 is 1.12 bits per heavy atom. The number of carbonyl (C=O) groups is 1. The number of hydrogen-bond acceptors (Lipinski definition) is 4. The van der Waals surface area contributed by atoms with Crippen LogP contribution in [0.15, 0.2) is 12.2 Å². The fourth-order valence-corrected chi connectivity index (χ4v) is 3.55. The quantitative estimate of drug-likeness (QED) is 0.355. The van der Waals surface area contributed by atoms with Crippen molar-refractivity contribution in [3.8, 4) is 0 Å². The zero-order valence-electron chi connectivity index (χ0n) is 15.2. The van der Waals surface area contributed by atoms with E-state index in [0.717, 1.165) is 64.2 Å². The first-order valence-corrected chi connectivity index (χ1v) is 9.78. The summed E-state index contributed by atoms with van der Waals surface area (Å²) in [5.41, 5.74) is 0. The second-order valence-corrected chi connectivity index (χ2v) is 7.15. The Labute approximate surface area is 147 Å². The summed E-state index contributed by atoms with van der Waals surface area (Å²) >= 11 is 0. The van der Waals surface area contributed by atoms with Crippen LogP contribution in [0.4, 0.5) is 0 Å². The maximum Gasteiger partial charge on any atom is 0.139 e. The number of unbranched alkanes of at least 4 members (excludes halogenated alkanes) is 6. The number of carbonyl (C=O) groups excluding carboxylic acids is 1. The molecule has 0 spiro atoms. The minimum absolute atomic E-state index is 0.100. The van der Waals surface area contributed by atoms with Gasteiger partial charge in [0.25, 0.3) is 0 Å². The number of aliphatic hydroxyl groups is 3. The van der Waals surface area contributed by atoms with E-state index >= 15 is 0 Å². The van der Waals surface area contributed by atoms with Gasteiger partial charge in [0.05, 0.1) is 12.2 Å². The lowest BCUT2D eigenvalue weighted by atomic mass is 9.88. The molecule has 0 aliphatic heterocycles. The summed E-state index contributed by atoms with van der Waals surface area (Å²) in [6.45, 7) is 2.39. The van der Waals surface area contributed by atoms with E-state index in [4.69, 9.17) is 5.11 Å². The average Bonchev–Trinajstić information content (AvgIpc) is 2.82. The number of Topliss-reactive ketones (excluding diaryl/α,β-unsaturated/α-hetero) is 1. The first-order valence-electron chi connectivity index (χ1n) is 9.78. The summed E-state index contributed by atoms with van der Waals surface area (Å²) in [4.78, 5) is 12.1. The summed E-state index contributed by atoms with van der Waals surface area (Å²) in [6, 6.07) is 0. The predicted molar refractivity (Wildman–Crippen MR) is 96.7 cm³/mol. The van der Waals surface area contributed by atoms with E-state index in [1.807, 2.05) is 6.08 Å². The van der Waals surface area contributed by atoms with Crippen molar-refractivity contribution in [2.45, 2.75) is 89.8 Å². The predicted octanol–water partition coefficient (Wildman–Crippen LogP) is 3.38. The van der Waals surface area contributed by atoms with Crippen molar-refractivity contribution >= 4 is 5.78 Å². The lowest BCUT2D eigenvalue weighted by Gasteiger charge is -2.18. The monoisotopic (exact) mass is 340 g/mol. The smallest absolute Gasteiger partial charge is 0.139 e. The second-order valence-electron chi connectivity index (χ2n) is 7.15. The number of ketones is 1. The molecule has 1 rings (SSSR count). The summed E-state index contributed by atoms with van der Waals surface area (Å²) in [6.07, 6.45) is 12.7. The molecule has 4 atom stereocenters. The topological polar surface area (TPSA) is 77.8 Å². The third-order valence-electron chi connectivity index (χ3n) is 5.06. The molecule has 0 radical (unpaired) electrons. The van der Waals surface area contributed by atoms with Gasteiger partial charge in [-0.15, -0.1) is 0 Å². The maximum absolute atomic E-state index is 12.1. The van der Waals surface area contributed by atoms with Crippen LogP contribution >= 0.6 is 0 Å². The van der Waals surface area contributed by atoms with Crippen molar-refractivity contribution in [3.63, 3.8) is 0 Å². The molecule has 0 aromatic carbocycles. The van der Waals surface area contributed by atoms with Crippen molar-refractivity contribution in [1.82, 2.24) is 0 Å². The number of aliphatic hydroxyl groups excluding tert-OH is 3. The fourth-order valence-electron chi connectivity index (χ4n) is 3.55. The van der Waals surface area contributed by atoms with Crippen molar-refractivity contribution in [2.75, 3.05) is 6.61 Å². The zero-order chi connectivity index (χ0) is 17.8. The van der Waals surface area contributed by atoms with Crippen LogP contribution in [0.1, 0.15) is 77.6 Å². The van der Waals surface area contributed by atoms with Crippen LogP contribution in [0, 0.1) is 11.8 Å². The lowest BCUT2D eigenvalue weighted by Crippen LogP contribution is -2.19. The third kappa shape index (κ3) is 7.91. The first-order chi connectivity index (χ1) is 11.6. The largest absolute Gasteiger partial charge is 0.396 e. The van der Waals surface area contributed by atoms with Crippen LogP contribution < -0.4 is 0 Å². The van der Waals surface area contributed by atoms with Crippen LogP contribution in [-0.4, -0.2) is 39.9 Å². The standard InChI is InChI=1S/C20H36O4/c1-2-3-7-10-16(22)12-13-18-17(19(23)15-20(18)24)11-8-5-4-6-9-14-21/h12-13,16-18,20-22,24H,2-11,14-15H2,1H3/b13-12+/t16-,17-,18-,20-/m1/s1. The van der Waals surface area contributed by atoms with Gasteiger partial charge in [-0.3, -0.25) is 4.79 Å². The van der Waals surface area contributed by atoms with Gasteiger partial charge in [0.1, 0.15) is 5.78 Å². The molecule has 0 saturated heterocycles. The van der Waals surface area contributed by atoms with Crippen LogP contribution in [0.25, 0.3) is 0 Å². The Bertz CT molecular complexity index is 367. The van der Waals surface area contributed by atoms with Crippen LogP contribution in [0.5, 0.6) is 0 Å². The Hall–Kier alpha value is -0.710. The highest BCUT2D eigenvalue weighted by Gasteiger charge is 2.39. The highest BCUT2D eigenvalue weighted by molar-refractivity contribution is 5.84. The molecule has 0 aromatic heterocycles. The molecule has 24 heavy (non-hydrogen) atoms. The molecule has 0 amide bonds. The normalized spacial score (nSPS) is 25.7. The molecule has 1 aliphatic carbocycles. The number of hydrogen-bond donors (Lipinski definition) is 3. The maximum atomic E-state index is 12.1. The van der Waals surface area contributed by atoms with E-state index in [2.05, 4.69) is 6.92 Å². The molecule has 1 fully saturated rings. The van der Waals surface area contributed by atoms with E-state index in [0.29, 0.717) is 0 Å². The van der Waals surface area contributed by atoms with Gasteiger partial charge in [0.2, 0.25) is 0 Å². The SMILES string of the molecule is CCCCC[C@@H](O)/C=C/[C@H]1[C@H](O)CC(=O)[C@@H]1CCCCCCCO. The van der Waals surface area contributed by atoms with Gasteiger partial charge in [0, 0.05) is 24.9 Å². The lowest BCUT2D eigenvalue weighted by molar-refractivity contribution is -0.121. The molecule has 3 N–H and O–H groups in total. The van der Waals surface area contributed by atoms with E-state index in [1.54, 1.807) is 6.08 Å². The Balaban J connectivity index is 2.40. The van der Waals surface area contributed by atoms with E-state index in [1.165, 1.54) is 0 Å². The molecule has 0 heterocycles. The second kappa shape index (κ2) is 12.6. The van der Waals surface area contributed by atoms with Gasteiger partial charge < -0.3 is 15.3 Å². The van der Waals surface area contributed by atoms with Gasteiger partial charge in [0.15, 0.2) is 0 Å². The Morgan fingerprint density at radius 3 is 2.54 bits per heavy atom. The number of rotatable bonds is 13. The summed E-state index contributed by atoms with van der Waals surface area (Å²) in [5.74, 6) is -0.0827. The van der Waals surface area contributed by atoms with Gasteiger partial charge >= 0.3 is 0 Å². The van der Waals surface area contributed by atoms with E-state index in [9.17, 15) is 15.0 Å². The molecular weight excluding hydrogens is 304 g/mol. The first kappa shape index (κ1) is 21.3. The van der Waals surface area contributed by atoms with Crippen LogP contribution in [-0.2, 0) is 4.79 Å². The molecule has 4 nitrogen and oxygen atoms in total. The third-order valence-corrected chi connectivity index (χ3v) is 5.06. The van der Waals surface area contributed by atoms with Crippen molar-refractivity contribution in [2.24, 2.45) is 11.8 Å². The summed E-state index contributed by atoms with van der Waals surface area (Å²) in [5, 5.41) is 28.9. The van der Waals surface area contributed by atoms with Crippen LogP contribution in [0.3, 0.4) is 0 Å². The highest BCUT2D eigenvalue weighted by Crippen LogP contribution is 2.34. The fraction of sp³-hybridized carbons (Fsp3) is 0.850. The molecule has 140 valence electrons. The zero-order valence-corrected chi connectivity index (χ0v) is 15.2. The summed E-state index contributed by atoms with van der Waals surface area (Å²) < 4.78 is 0. The van der Waals surface area contributed by atoms with E-state index in [-0.39, 0.29) is 30.6 Å². The van der Waals surface area contributed by atoms with Gasteiger partial charge in [-0.25, -0.2) is 0 Å². The van der Waals surface area contributed by atoms with Gasteiger partial charge in [-0.2, -0.15) is 0 Å². The van der Waals surface area contributed by atoms with Gasteiger partial charge in [-0.05, 0) is 19.3 Å². The van der Waals surface area contributed by atoms with Crippen LogP contribution in [0.2, 0.25) is 0 Å². The molecule has 1 saturated carbocycles. The Kier molecular flexibility index (Phi) is 11.2. The molecule has 4 heteroatoms. The summed E-state index contributed by atoms with van der Waals surface area (Å²) in [7, 11) is 0. The average molecular weight is 341 g/mol. The minimum atomic E-state index is -0.601. The van der Waals surface area contributed by atoms with Gasteiger partial charge in [-0.1, -0.05) is 64.0 Å². The molecular formula is C20H36O4. The van der Waals surface area contributed by atoms with Crippen molar-refractivity contribution in [3.05, 3.63) is 12.2 Å². The van der Waals surface area contributed by atoms with Crippen molar-refractivity contribution in [1.29, 1.82) is 0 Å². The molecule has 0 bridgehead atoms. The highest BCUT2D eigenvalue weighted by atomic mass is 16.3. The van der Waals surface area contributed by atoms with E-state index < -0.39 is 12.2 Å². The minimum Gasteiger partial charge on any atom is -0.396 e.